The van der Waals surface area contributed by atoms with Gasteiger partial charge in [-0.05, 0) is 42.7 Å². The number of nitrogens with zero attached hydrogens (tertiary/aromatic N) is 1. The minimum Gasteiger partial charge on any atom is -0.356 e. The highest BCUT2D eigenvalue weighted by atomic mass is 32.1. The van der Waals surface area contributed by atoms with E-state index in [4.69, 9.17) is 0 Å². The van der Waals surface area contributed by atoms with Crippen molar-refractivity contribution in [1.82, 2.24) is 10.6 Å². The first kappa shape index (κ1) is 13.4. The summed E-state index contributed by atoms with van der Waals surface area (Å²) in [5, 5.41) is 8.88. The Morgan fingerprint density at radius 1 is 1.44 bits per heavy atom. The van der Waals surface area contributed by atoms with Crippen molar-refractivity contribution in [3.05, 3.63) is 21.9 Å². The molecule has 0 amide bonds. The van der Waals surface area contributed by atoms with Crippen molar-refractivity contribution < 1.29 is 0 Å². The number of hydrogen-bond acceptors (Lipinski definition) is 2. The smallest absolute Gasteiger partial charge is 0.191 e. The van der Waals surface area contributed by atoms with Crippen molar-refractivity contribution in [3.8, 4) is 0 Å². The van der Waals surface area contributed by atoms with E-state index in [1.54, 1.807) is 11.3 Å². The van der Waals surface area contributed by atoms with Gasteiger partial charge in [-0.15, -0.1) is 11.3 Å². The van der Waals surface area contributed by atoms with Crippen molar-refractivity contribution in [2.24, 2.45) is 10.9 Å². The second-order valence-corrected chi connectivity index (χ2v) is 5.97. The molecule has 0 aliphatic heterocycles. The number of hydrogen-bond donors (Lipinski definition) is 2. The Kier molecular flexibility index (Phi) is 5.05. The van der Waals surface area contributed by atoms with E-state index >= 15 is 0 Å². The molecule has 100 valence electrons. The molecule has 0 aromatic carbocycles. The molecular formula is C14H23N3S. The van der Waals surface area contributed by atoms with Crippen LogP contribution in [-0.4, -0.2) is 19.6 Å². The predicted octanol–water partition coefficient (Wildman–Crippen LogP) is 2.91. The van der Waals surface area contributed by atoms with Gasteiger partial charge in [-0.3, -0.25) is 4.99 Å². The Hall–Kier alpha value is -1.03. The van der Waals surface area contributed by atoms with Gasteiger partial charge in [0.05, 0.1) is 6.54 Å². The van der Waals surface area contributed by atoms with Crippen molar-refractivity contribution >= 4 is 17.3 Å². The van der Waals surface area contributed by atoms with Crippen LogP contribution in [0.1, 0.15) is 36.1 Å². The lowest BCUT2D eigenvalue weighted by molar-refractivity contribution is 0.645. The van der Waals surface area contributed by atoms with E-state index in [0.717, 1.165) is 25.0 Å². The summed E-state index contributed by atoms with van der Waals surface area (Å²) in [6.45, 7) is 4.05. The average molecular weight is 265 g/mol. The molecule has 0 saturated heterocycles. The maximum absolute atomic E-state index is 4.25. The maximum atomic E-state index is 4.25. The van der Waals surface area contributed by atoms with E-state index < -0.39 is 0 Å². The van der Waals surface area contributed by atoms with Crippen molar-refractivity contribution in [1.29, 1.82) is 0 Å². The number of guanidine groups is 1. The molecule has 3 nitrogen and oxygen atoms in total. The zero-order valence-corrected chi connectivity index (χ0v) is 12.1. The lowest BCUT2D eigenvalue weighted by Crippen LogP contribution is -2.37. The van der Waals surface area contributed by atoms with Crippen LogP contribution in [0.15, 0.2) is 16.4 Å². The Bertz CT molecular complexity index is 393. The fourth-order valence-corrected chi connectivity index (χ4v) is 2.82. The van der Waals surface area contributed by atoms with Gasteiger partial charge in [0.15, 0.2) is 5.96 Å². The maximum Gasteiger partial charge on any atom is 0.191 e. The van der Waals surface area contributed by atoms with Crippen molar-refractivity contribution in [3.63, 3.8) is 0 Å². The van der Waals surface area contributed by atoms with Gasteiger partial charge < -0.3 is 10.6 Å². The normalized spacial score (nSPS) is 15.8. The molecule has 1 aliphatic carbocycles. The minimum atomic E-state index is 0.867. The zero-order chi connectivity index (χ0) is 12.8. The molecule has 1 heterocycles. The highest BCUT2D eigenvalue weighted by Crippen LogP contribution is 2.33. The molecule has 1 aromatic rings. The summed E-state index contributed by atoms with van der Waals surface area (Å²) < 4.78 is 0. The Balaban J connectivity index is 1.64. The summed E-state index contributed by atoms with van der Waals surface area (Å²) in [5.41, 5.74) is 1.36. The fraction of sp³-hybridized carbons (Fsp3) is 0.643. The molecule has 0 bridgehead atoms. The number of aliphatic imine (C=N–C) groups is 1. The second kappa shape index (κ2) is 6.78. The van der Waals surface area contributed by atoms with Crippen LogP contribution in [0.5, 0.6) is 0 Å². The molecule has 2 rings (SSSR count). The lowest BCUT2D eigenvalue weighted by atomic mass is 10.2. The van der Waals surface area contributed by atoms with Gasteiger partial charge in [-0.25, -0.2) is 0 Å². The van der Waals surface area contributed by atoms with E-state index in [1.807, 2.05) is 7.05 Å². The topological polar surface area (TPSA) is 36.4 Å². The molecule has 0 spiro atoms. The molecule has 1 aromatic heterocycles. The molecule has 1 saturated carbocycles. The third-order valence-corrected chi connectivity index (χ3v) is 4.41. The second-order valence-electron chi connectivity index (χ2n) is 4.96. The SMILES string of the molecule is CN=C(NCCCC1CC1)NCc1sccc1C. The quantitative estimate of drug-likeness (QED) is 0.471. The molecule has 2 N–H and O–H groups in total. The molecule has 0 atom stereocenters. The predicted molar refractivity (Wildman–Crippen MR) is 79.2 cm³/mol. The number of thiophene rings is 1. The van der Waals surface area contributed by atoms with E-state index in [0.29, 0.717) is 0 Å². The van der Waals surface area contributed by atoms with Crippen LogP contribution in [0, 0.1) is 12.8 Å². The van der Waals surface area contributed by atoms with Gasteiger partial charge in [0.25, 0.3) is 0 Å². The first-order valence-electron chi connectivity index (χ1n) is 6.77. The third-order valence-electron chi connectivity index (χ3n) is 3.39. The van der Waals surface area contributed by atoms with Gasteiger partial charge in [-0.1, -0.05) is 12.8 Å². The number of rotatable bonds is 6. The van der Waals surface area contributed by atoms with Crippen molar-refractivity contribution in [2.45, 2.75) is 39.2 Å². The highest BCUT2D eigenvalue weighted by Gasteiger charge is 2.19. The molecule has 4 heteroatoms. The molecule has 1 fully saturated rings. The highest BCUT2D eigenvalue weighted by molar-refractivity contribution is 7.10. The van der Waals surface area contributed by atoms with Gasteiger partial charge in [0.2, 0.25) is 0 Å². The van der Waals surface area contributed by atoms with Gasteiger partial charge in [0, 0.05) is 18.5 Å². The van der Waals surface area contributed by atoms with Crippen LogP contribution in [0.25, 0.3) is 0 Å². The average Bonchev–Trinajstić information content (AvgIpc) is 3.11. The van der Waals surface area contributed by atoms with Crippen LogP contribution in [0.3, 0.4) is 0 Å². The number of aryl methyl sites for hydroxylation is 1. The summed E-state index contributed by atoms with van der Waals surface area (Å²) in [5.74, 6) is 1.94. The minimum absolute atomic E-state index is 0.867. The first-order valence-corrected chi connectivity index (χ1v) is 7.65. The van der Waals surface area contributed by atoms with Crippen molar-refractivity contribution in [2.75, 3.05) is 13.6 Å². The summed E-state index contributed by atoms with van der Waals surface area (Å²) in [6.07, 6.45) is 5.52. The van der Waals surface area contributed by atoms with Crippen LogP contribution < -0.4 is 10.6 Å². The Morgan fingerprint density at radius 2 is 2.28 bits per heavy atom. The van der Waals surface area contributed by atoms with Gasteiger partial charge in [-0.2, -0.15) is 0 Å². The summed E-state index contributed by atoms with van der Waals surface area (Å²) in [4.78, 5) is 5.63. The fourth-order valence-electron chi connectivity index (χ4n) is 1.97. The lowest BCUT2D eigenvalue weighted by Gasteiger charge is -2.11. The van der Waals surface area contributed by atoms with E-state index in [-0.39, 0.29) is 0 Å². The summed E-state index contributed by atoms with van der Waals surface area (Å²) >= 11 is 1.80. The largest absolute Gasteiger partial charge is 0.356 e. The molecular weight excluding hydrogens is 242 g/mol. The molecule has 0 radical (unpaired) electrons. The molecule has 0 unspecified atom stereocenters. The van der Waals surface area contributed by atoms with Crippen LogP contribution >= 0.6 is 11.3 Å². The monoisotopic (exact) mass is 265 g/mol. The van der Waals surface area contributed by atoms with Crippen LogP contribution in [-0.2, 0) is 6.54 Å². The number of nitrogens with one attached hydrogen (secondary N) is 2. The third kappa shape index (κ3) is 4.33. The van der Waals surface area contributed by atoms with E-state index in [9.17, 15) is 0 Å². The van der Waals surface area contributed by atoms with Gasteiger partial charge in [0.1, 0.15) is 0 Å². The van der Waals surface area contributed by atoms with Crippen LogP contribution in [0.4, 0.5) is 0 Å². The van der Waals surface area contributed by atoms with Crippen LogP contribution in [0.2, 0.25) is 0 Å². The molecule has 1 aliphatic rings. The Labute approximate surface area is 114 Å². The summed E-state index contributed by atoms with van der Waals surface area (Å²) in [6, 6.07) is 2.16. The standard InChI is InChI=1S/C14H23N3S/c1-11-7-9-18-13(11)10-17-14(15-2)16-8-3-4-12-5-6-12/h7,9,12H,3-6,8,10H2,1-2H3,(H2,15,16,17). The van der Waals surface area contributed by atoms with E-state index in [2.05, 4.69) is 34.0 Å². The van der Waals surface area contributed by atoms with Gasteiger partial charge >= 0.3 is 0 Å². The zero-order valence-electron chi connectivity index (χ0n) is 11.3. The van der Waals surface area contributed by atoms with E-state index in [1.165, 1.54) is 36.1 Å². The summed E-state index contributed by atoms with van der Waals surface area (Å²) in [7, 11) is 1.83. The molecule has 18 heavy (non-hydrogen) atoms. The Morgan fingerprint density at radius 3 is 2.89 bits per heavy atom. The first-order chi connectivity index (χ1) is 8.79.